The van der Waals surface area contributed by atoms with E-state index in [9.17, 15) is 4.79 Å². The number of aromatic nitrogens is 5. The second kappa shape index (κ2) is 6.74. The molecular weight excluding hydrogens is 328 g/mol. The average molecular weight is 350 g/mol. The molecule has 1 aliphatic heterocycles. The molecule has 7 heteroatoms. The highest BCUT2D eigenvalue weighted by Crippen LogP contribution is 2.26. The number of imidazole rings is 1. The monoisotopic (exact) mass is 350 g/mol. The van der Waals surface area contributed by atoms with E-state index in [1.165, 1.54) is 0 Å². The Kier molecular flexibility index (Phi) is 4.28. The van der Waals surface area contributed by atoms with E-state index in [1.54, 1.807) is 6.20 Å². The van der Waals surface area contributed by atoms with Gasteiger partial charge < -0.3 is 9.47 Å². The molecule has 0 bridgehead atoms. The molecule has 0 radical (unpaired) electrons. The lowest BCUT2D eigenvalue weighted by molar-refractivity contribution is 0.0695. The molecule has 4 rings (SSSR count). The van der Waals surface area contributed by atoms with Crippen molar-refractivity contribution in [3.05, 3.63) is 53.9 Å². The van der Waals surface area contributed by atoms with Crippen molar-refractivity contribution in [2.75, 3.05) is 13.1 Å². The maximum atomic E-state index is 13.1. The van der Waals surface area contributed by atoms with Crippen molar-refractivity contribution in [2.45, 2.75) is 25.7 Å². The minimum absolute atomic E-state index is 0.0131. The molecule has 1 saturated heterocycles. The van der Waals surface area contributed by atoms with Gasteiger partial charge in [0.25, 0.3) is 5.91 Å². The zero-order valence-electron chi connectivity index (χ0n) is 15.0. The first kappa shape index (κ1) is 16.5. The molecule has 1 fully saturated rings. The number of aryl methyl sites for hydroxylation is 1. The molecule has 3 heterocycles. The van der Waals surface area contributed by atoms with Gasteiger partial charge in [-0.3, -0.25) is 9.89 Å². The molecule has 0 saturated carbocycles. The van der Waals surface area contributed by atoms with E-state index < -0.39 is 0 Å². The van der Waals surface area contributed by atoms with Crippen molar-refractivity contribution in [1.82, 2.24) is 29.6 Å². The Morgan fingerprint density at radius 2 is 2.08 bits per heavy atom. The average Bonchev–Trinajstić information content (AvgIpc) is 3.28. The lowest BCUT2D eigenvalue weighted by atomic mass is 9.97. The molecule has 1 aromatic carbocycles. The summed E-state index contributed by atoms with van der Waals surface area (Å²) in [7, 11) is 1.89. The van der Waals surface area contributed by atoms with Gasteiger partial charge in [-0.05, 0) is 19.8 Å². The quantitative estimate of drug-likeness (QED) is 0.787. The van der Waals surface area contributed by atoms with E-state index in [-0.39, 0.29) is 11.8 Å². The molecular formula is C19H22N6O. The van der Waals surface area contributed by atoms with E-state index in [0.29, 0.717) is 12.2 Å². The van der Waals surface area contributed by atoms with Crippen molar-refractivity contribution in [3.8, 4) is 11.4 Å². The maximum Gasteiger partial charge on any atom is 0.272 e. The molecule has 1 unspecified atom stereocenters. The minimum Gasteiger partial charge on any atom is -0.337 e. The summed E-state index contributed by atoms with van der Waals surface area (Å²) in [5.74, 6) is 2.60. The highest BCUT2D eigenvalue weighted by molar-refractivity contribution is 5.93. The van der Waals surface area contributed by atoms with Crippen LogP contribution < -0.4 is 0 Å². The Bertz CT molecular complexity index is 913. The molecule has 1 amide bonds. The van der Waals surface area contributed by atoms with Crippen LogP contribution in [0.2, 0.25) is 0 Å². The van der Waals surface area contributed by atoms with Gasteiger partial charge in [0.2, 0.25) is 0 Å². The first-order valence-corrected chi connectivity index (χ1v) is 8.89. The summed E-state index contributed by atoms with van der Waals surface area (Å²) in [6.45, 7) is 3.29. The summed E-state index contributed by atoms with van der Waals surface area (Å²) in [5.41, 5.74) is 1.61. The zero-order valence-corrected chi connectivity index (χ0v) is 15.0. The van der Waals surface area contributed by atoms with Crippen molar-refractivity contribution in [1.29, 1.82) is 0 Å². The van der Waals surface area contributed by atoms with Crippen LogP contribution in [-0.2, 0) is 7.05 Å². The van der Waals surface area contributed by atoms with Crippen LogP contribution in [0.15, 0.2) is 36.5 Å². The van der Waals surface area contributed by atoms with Gasteiger partial charge >= 0.3 is 0 Å². The number of carbonyl (C=O) groups is 1. The van der Waals surface area contributed by atoms with E-state index in [0.717, 1.165) is 42.4 Å². The highest BCUT2D eigenvalue weighted by Gasteiger charge is 2.29. The van der Waals surface area contributed by atoms with Crippen LogP contribution in [0.25, 0.3) is 11.4 Å². The lowest BCUT2D eigenvalue weighted by Gasteiger charge is -2.31. The molecule has 1 atom stereocenters. The Balaban J connectivity index is 1.55. The predicted octanol–water partition coefficient (Wildman–Crippen LogP) is 2.53. The van der Waals surface area contributed by atoms with E-state index in [4.69, 9.17) is 0 Å². The molecule has 0 spiro atoms. The number of hydrogen-bond acceptors (Lipinski definition) is 4. The Labute approximate surface area is 152 Å². The SMILES string of the molecule is Cc1nc(C2CCCN(C(=O)c3cnc(-c4ccccc4)n3C)C2)n[nH]1. The predicted molar refractivity (Wildman–Crippen MR) is 97.6 cm³/mol. The number of hydrogen-bond donors (Lipinski definition) is 1. The Morgan fingerprint density at radius 3 is 2.81 bits per heavy atom. The first-order valence-electron chi connectivity index (χ1n) is 8.89. The van der Waals surface area contributed by atoms with Crippen LogP contribution in [0.1, 0.15) is 40.9 Å². The number of nitrogens with zero attached hydrogens (tertiary/aromatic N) is 5. The summed E-state index contributed by atoms with van der Waals surface area (Å²) in [4.78, 5) is 23.9. The third-order valence-electron chi connectivity index (χ3n) is 4.93. The third-order valence-corrected chi connectivity index (χ3v) is 4.93. The van der Waals surface area contributed by atoms with Gasteiger partial charge in [0.05, 0.1) is 6.20 Å². The van der Waals surface area contributed by atoms with Gasteiger partial charge in [0.1, 0.15) is 17.3 Å². The Hall–Kier alpha value is -2.96. The third kappa shape index (κ3) is 3.00. The van der Waals surface area contributed by atoms with Gasteiger partial charge in [0, 0.05) is 31.6 Å². The lowest BCUT2D eigenvalue weighted by Crippen LogP contribution is -2.40. The Morgan fingerprint density at radius 1 is 1.27 bits per heavy atom. The fourth-order valence-electron chi connectivity index (χ4n) is 3.54. The number of piperidine rings is 1. The number of likely N-dealkylation sites (tertiary alicyclic amines) is 1. The molecule has 2 aromatic heterocycles. The molecule has 26 heavy (non-hydrogen) atoms. The first-order chi connectivity index (χ1) is 12.6. The summed E-state index contributed by atoms with van der Waals surface area (Å²) in [5, 5.41) is 7.17. The van der Waals surface area contributed by atoms with Crippen LogP contribution in [0, 0.1) is 6.92 Å². The van der Waals surface area contributed by atoms with Crippen molar-refractivity contribution in [2.24, 2.45) is 7.05 Å². The van der Waals surface area contributed by atoms with Gasteiger partial charge in [-0.1, -0.05) is 30.3 Å². The number of aromatic amines is 1. The minimum atomic E-state index is 0.0131. The van der Waals surface area contributed by atoms with Crippen LogP contribution in [0.5, 0.6) is 0 Å². The van der Waals surface area contributed by atoms with Crippen molar-refractivity contribution < 1.29 is 4.79 Å². The standard InChI is InChI=1S/C19H22N6O/c1-13-21-17(23-22-13)15-9-6-10-25(12-15)19(26)16-11-20-18(24(16)2)14-7-4-3-5-8-14/h3-5,7-8,11,15H,6,9-10,12H2,1-2H3,(H,21,22,23). The summed E-state index contributed by atoms with van der Waals surface area (Å²) < 4.78 is 1.87. The summed E-state index contributed by atoms with van der Waals surface area (Å²) >= 11 is 0. The van der Waals surface area contributed by atoms with E-state index >= 15 is 0 Å². The zero-order chi connectivity index (χ0) is 18.1. The number of H-pyrrole nitrogens is 1. The van der Waals surface area contributed by atoms with Crippen molar-refractivity contribution in [3.63, 3.8) is 0 Å². The number of rotatable bonds is 3. The number of amides is 1. The number of benzene rings is 1. The second-order valence-electron chi connectivity index (χ2n) is 6.76. The second-order valence-corrected chi connectivity index (χ2v) is 6.76. The molecule has 0 aliphatic carbocycles. The van der Waals surface area contributed by atoms with Crippen LogP contribution in [-0.4, -0.2) is 48.6 Å². The normalized spacial score (nSPS) is 17.5. The van der Waals surface area contributed by atoms with Crippen molar-refractivity contribution >= 4 is 5.91 Å². The molecule has 1 N–H and O–H groups in total. The fourth-order valence-corrected chi connectivity index (χ4v) is 3.54. The van der Waals surface area contributed by atoms with Gasteiger partial charge in [-0.2, -0.15) is 5.10 Å². The molecule has 7 nitrogen and oxygen atoms in total. The number of nitrogens with one attached hydrogen (secondary N) is 1. The molecule has 1 aliphatic rings. The van der Waals surface area contributed by atoms with Crippen LogP contribution in [0.3, 0.4) is 0 Å². The molecule has 134 valence electrons. The number of carbonyl (C=O) groups excluding carboxylic acids is 1. The highest BCUT2D eigenvalue weighted by atomic mass is 16.2. The van der Waals surface area contributed by atoms with Gasteiger partial charge in [0.15, 0.2) is 5.82 Å². The summed E-state index contributed by atoms with van der Waals surface area (Å²) in [6, 6.07) is 9.91. The van der Waals surface area contributed by atoms with E-state index in [1.807, 2.05) is 53.8 Å². The molecule has 3 aromatic rings. The van der Waals surface area contributed by atoms with Gasteiger partial charge in [-0.15, -0.1) is 0 Å². The fraction of sp³-hybridized carbons (Fsp3) is 0.368. The van der Waals surface area contributed by atoms with Gasteiger partial charge in [-0.25, -0.2) is 9.97 Å². The topological polar surface area (TPSA) is 79.7 Å². The van der Waals surface area contributed by atoms with Crippen LogP contribution in [0.4, 0.5) is 0 Å². The summed E-state index contributed by atoms with van der Waals surface area (Å²) in [6.07, 6.45) is 3.63. The van der Waals surface area contributed by atoms with E-state index in [2.05, 4.69) is 20.2 Å². The largest absolute Gasteiger partial charge is 0.337 e. The smallest absolute Gasteiger partial charge is 0.272 e. The van der Waals surface area contributed by atoms with Crippen LogP contribution >= 0.6 is 0 Å². The maximum absolute atomic E-state index is 13.1.